The summed E-state index contributed by atoms with van der Waals surface area (Å²) in [5.41, 5.74) is 2.87. The number of carbonyl (C=O) groups is 3. The molecule has 158 valence electrons. The summed E-state index contributed by atoms with van der Waals surface area (Å²) < 4.78 is 3.17. The molecule has 3 aliphatic rings. The van der Waals surface area contributed by atoms with Gasteiger partial charge in [0.1, 0.15) is 6.04 Å². The number of amides is 3. The number of nitrogens with zero attached hydrogens (tertiary/aromatic N) is 3. The van der Waals surface area contributed by atoms with Crippen LogP contribution in [-0.4, -0.2) is 45.3 Å². The molecule has 1 unspecified atom stereocenters. The Kier molecular flexibility index (Phi) is 4.34. The summed E-state index contributed by atoms with van der Waals surface area (Å²) in [6, 6.07) is 5.23. The van der Waals surface area contributed by atoms with Crippen molar-refractivity contribution >= 4 is 29.3 Å². The molecule has 8 nitrogen and oxygen atoms in total. The van der Waals surface area contributed by atoms with Gasteiger partial charge in [-0.15, -0.1) is 0 Å². The van der Waals surface area contributed by atoms with E-state index < -0.39 is 11.9 Å². The smallest absolute Gasteiger partial charge is 0.329 e. The fraction of sp³-hybridized carbons (Fsp3) is 0.545. The van der Waals surface area contributed by atoms with Gasteiger partial charge in [-0.3, -0.25) is 28.8 Å². The molecule has 1 saturated carbocycles. The van der Waals surface area contributed by atoms with Crippen molar-refractivity contribution in [2.45, 2.75) is 44.6 Å². The van der Waals surface area contributed by atoms with Gasteiger partial charge in [-0.2, -0.15) is 0 Å². The minimum Gasteiger partial charge on any atom is -0.344 e. The van der Waals surface area contributed by atoms with E-state index in [2.05, 4.69) is 11.4 Å². The molecule has 1 aromatic carbocycles. The van der Waals surface area contributed by atoms with Gasteiger partial charge in [-0.25, -0.2) is 4.79 Å². The van der Waals surface area contributed by atoms with Crippen LogP contribution in [0.5, 0.6) is 0 Å². The van der Waals surface area contributed by atoms with Crippen LogP contribution in [0.4, 0.5) is 0 Å². The molecule has 0 bridgehead atoms. The fourth-order valence-electron chi connectivity index (χ4n) is 5.83. The molecule has 3 fully saturated rings. The zero-order valence-electron chi connectivity index (χ0n) is 17.1. The quantitative estimate of drug-likeness (QED) is 0.590. The molecule has 1 aromatic heterocycles. The normalized spacial score (nSPS) is 23.4. The molecule has 0 radical (unpaired) electrons. The summed E-state index contributed by atoms with van der Waals surface area (Å²) in [5.74, 6) is -0.0367. The first-order chi connectivity index (χ1) is 14.4. The zero-order valence-corrected chi connectivity index (χ0v) is 17.1. The molecule has 1 N–H and O–H groups in total. The molecule has 2 aromatic rings. The van der Waals surface area contributed by atoms with Gasteiger partial charge < -0.3 is 4.90 Å². The molecule has 30 heavy (non-hydrogen) atoms. The molecular weight excluding hydrogens is 384 g/mol. The number of imidazole rings is 1. The number of carbonyl (C=O) groups excluding carboxylic acids is 3. The largest absolute Gasteiger partial charge is 0.344 e. The van der Waals surface area contributed by atoms with Crippen LogP contribution in [0.25, 0.3) is 11.0 Å². The average molecular weight is 410 g/mol. The van der Waals surface area contributed by atoms with E-state index in [1.54, 1.807) is 16.2 Å². The third-order valence-corrected chi connectivity index (χ3v) is 7.20. The summed E-state index contributed by atoms with van der Waals surface area (Å²) in [7, 11) is 1.75. The lowest BCUT2D eigenvalue weighted by molar-refractivity contribution is -0.141. The minimum atomic E-state index is -0.653. The van der Waals surface area contributed by atoms with Crippen molar-refractivity contribution in [2.75, 3.05) is 13.1 Å². The van der Waals surface area contributed by atoms with E-state index in [0.717, 1.165) is 48.9 Å². The molecule has 1 spiro atoms. The van der Waals surface area contributed by atoms with Crippen LogP contribution in [0.3, 0.4) is 0 Å². The molecule has 2 aliphatic heterocycles. The first kappa shape index (κ1) is 19.1. The Morgan fingerprint density at radius 2 is 1.97 bits per heavy atom. The summed E-state index contributed by atoms with van der Waals surface area (Å²) in [4.78, 5) is 49.5. The summed E-state index contributed by atoms with van der Waals surface area (Å²) in [5, 5.41) is 2.35. The number of imide groups is 1. The monoisotopic (exact) mass is 410 g/mol. The molecule has 3 amide bonds. The molecule has 3 heterocycles. The van der Waals surface area contributed by atoms with Gasteiger partial charge >= 0.3 is 5.69 Å². The minimum absolute atomic E-state index is 0.224. The van der Waals surface area contributed by atoms with Crippen LogP contribution in [0.15, 0.2) is 23.0 Å². The second-order valence-electron chi connectivity index (χ2n) is 9.29. The molecular formula is C22H26N4O4. The highest BCUT2D eigenvalue weighted by Crippen LogP contribution is 2.52. The number of aryl methyl sites for hydroxylation is 2. The number of hydrogen-bond donors (Lipinski definition) is 1. The van der Waals surface area contributed by atoms with Crippen LogP contribution >= 0.6 is 0 Å². The van der Waals surface area contributed by atoms with E-state index >= 15 is 0 Å². The van der Waals surface area contributed by atoms with Crippen molar-refractivity contribution in [1.82, 2.24) is 19.4 Å². The molecule has 2 saturated heterocycles. The highest BCUT2D eigenvalue weighted by Gasteiger charge is 2.51. The third kappa shape index (κ3) is 2.88. The number of nitrogens with one attached hydrogen (secondary N) is 1. The lowest BCUT2D eigenvalue weighted by Gasteiger charge is -2.58. The number of likely N-dealkylation sites (tertiary alicyclic amines) is 1. The van der Waals surface area contributed by atoms with E-state index in [1.165, 1.54) is 12.8 Å². The Labute approximate surface area is 173 Å². The van der Waals surface area contributed by atoms with E-state index in [1.807, 2.05) is 17.0 Å². The fourth-order valence-corrected chi connectivity index (χ4v) is 5.83. The zero-order chi connectivity index (χ0) is 21.0. The molecule has 1 aliphatic carbocycles. The first-order valence-corrected chi connectivity index (χ1v) is 10.6. The number of benzene rings is 1. The summed E-state index contributed by atoms with van der Waals surface area (Å²) in [6.45, 7) is 1.79. The van der Waals surface area contributed by atoms with E-state index in [4.69, 9.17) is 0 Å². The number of hydrogen-bond acceptors (Lipinski definition) is 4. The average Bonchev–Trinajstić information content (AvgIpc) is 2.91. The first-order valence-electron chi connectivity index (χ1n) is 10.6. The van der Waals surface area contributed by atoms with Gasteiger partial charge in [0, 0.05) is 32.0 Å². The lowest BCUT2D eigenvalue weighted by atomic mass is 9.57. The lowest BCUT2D eigenvalue weighted by Crippen LogP contribution is -2.61. The van der Waals surface area contributed by atoms with E-state index in [-0.39, 0.29) is 18.0 Å². The van der Waals surface area contributed by atoms with Crippen LogP contribution in [0, 0.1) is 11.3 Å². The van der Waals surface area contributed by atoms with Crippen LogP contribution < -0.4 is 11.0 Å². The Hall–Kier alpha value is -2.90. The van der Waals surface area contributed by atoms with Crippen molar-refractivity contribution in [3.8, 4) is 0 Å². The van der Waals surface area contributed by atoms with Crippen LogP contribution in [-0.2, 0) is 27.9 Å². The van der Waals surface area contributed by atoms with Crippen LogP contribution in [0.2, 0.25) is 0 Å². The molecule has 1 atom stereocenters. The van der Waals surface area contributed by atoms with Gasteiger partial charge in [0.05, 0.1) is 11.0 Å². The van der Waals surface area contributed by atoms with E-state index in [0.29, 0.717) is 17.8 Å². The van der Waals surface area contributed by atoms with E-state index in [9.17, 15) is 19.2 Å². The number of rotatable bonds is 5. The number of para-hydroxylation sites is 1. The number of fused-ring (bicyclic) bond motifs is 1. The van der Waals surface area contributed by atoms with Gasteiger partial charge in [-0.05, 0) is 49.7 Å². The van der Waals surface area contributed by atoms with Gasteiger partial charge in [0.2, 0.25) is 18.2 Å². The SMILES string of the molecule is Cn1c(=O)n(C2CCC(=O)NC2=O)c2cccc(CCC3CC4(C3)CN(C=O)C4)c21. The Bertz CT molecular complexity index is 1100. The second kappa shape index (κ2) is 6.82. The van der Waals surface area contributed by atoms with Crippen molar-refractivity contribution in [1.29, 1.82) is 0 Å². The predicted molar refractivity (Wildman–Crippen MR) is 110 cm³/mol. The summed E-state index contributed by atoms with van der Waals surface area (Å²) in [6.07, 6.45) is 5.79. The Balaban J connectivity index is 1.36. The number of piperidine rings is 1. The van der Waals surface area contributed by atoms with Crippen molar-refractivity contribution < 1.29 is 14.4 Å². The highest BCUT2D eigenvalue weighted by atomic mass is 16.2. The Morgan fingerprint density at radius 3 is 2.67 bits per heavy atom. The highest BCUT2D eigenvalue weighted by molar-refractivity contribution is 6.00. The number of aromatic nitrogens is 2. The Morgan fingerprint density at radius 1 is 1.20 bits per heavy atom. The van der Waals surface area contributed by atoms with Crippen molar-refractivity contribution in [3.63, 3.8) is 0 Å². The topological polar surface area (TPSA) is 93.4 Å². The van der Waals surface area contributed by atoms with Crippen LogP contribution in [0.1, 0.15) is 43.7 Å². The molecule has 8 heteroatoms. The predicted octanol–water partition coefficient (Wildman–Crippen LogP) is 1.12. The van der Waals surface area contributed by atoms with Crippen molar-refractivity contribution in [2.24, 2.45) is 18.4 Å². The second-order valence-corrected chi connectivity index (χ2v) is 9.29. The maximum atomic E-state index is 13.0. The van der Waals surface area contributed by atoms with Crippen molar-refractivity contribution in [3.05, 3.63) is 34.2 Å². The maximum absolute atomic E-state index is 13.0. The standard InChI is InChI=1S/C22H26N4O4/c1-24-19-15(6-5-14-9-22(10-14)11-25(12-22)13-27)3-2-4-16(19)26(21(24)30)17-7-8-18(28)23-20(17)29/h2-4,13-14,17H,5-12H2,1H3,(H,23,28,29). The maximum Gasteiger partial charge on any atom is 0.329 e. The van der Waals surface area contributed by atoms with Gasteiger partial charge in [-0.1, -0.05) is 12.1 Å². The molecule has 5 rings (SSSR count). The third-order valence-electron chi connectivity index (χ3n) is 7.20. The summed E-state index contributed by atoms with van der Waals surface area (Å²) >= 11 is 0. The van der Waals surface area contributed by atoms with Gasteiger partial charge in [0.15, 0.2) is 0 Å². The van der Waals surface area contributed by atoms with Gasteiger partial charge in [0.25, 0.3) is 0 Å².